The third kappa shape index (κ3) is 4.33. The van der Waals surface area contributed by atoms with Gasteiger partial charge in [-0.25, -0.2) is 0 Å². The summed E-state index contributed by atoms with van der Waals surface area (Å²) in [5, 5.41) is 0. The highest BCUT2D eigenvalue weighted by Gasteiger charge is 2.16. The molecule has 1 rings (SSSR count). The summed E-state index contributed by atoms with van der Waals surface area (Å²) in [5.74, 6) is 0.0303. The van der Waals surface area contributed by atoms with E-state index in [1.165, 1.54) is 0 Å². The maximum absolute atomic E-state index is 11.9. The number of H-pyrrole nitrogens is 1. The first kappa shape index (κ1) is 14.4. The van der Waals surface area contributed by atoms with Crippen LogP contribution in [0.15, 0.2) is 18.3 Å². The predicted molar refractivity (Wildman–Crippen MR) is 70.5 cm³/mol. The smallest absolute Gasteiger partial charge is 0.236 e. The Morgan fingerprint density at radius 2 is 2.00 bits per heavy atom. The van der Waals surface area contributed by atoms with Crippen LogP contribution in [0, 0.1) is 0 Å². The second-order valence-corrected chi connectivity index (χ2v) is 4.51. The molecule has 0 aliphatic rings. The number of likely N-dealkylation sites (N-methyl/N-ethyl adjacent to an activating group) is 1. The number of carbonyl (C=O) groups is 2. The molecule has 1 amide bonds. The first-order chi connectivity index (χ1) is 8.54. The molecule has 1 aromatic heterocycles. The molecule has 0 atom stereocenters. The number of Topliss-reactive ketones (excluding diaryl/α,β-unsaturated/α-hetero) is 1. The molecular weight excluding hydrogens is 230 g/mol. The van der Waals surface area contributed by atoms with E-state index in [4.69, 9.17) is 0 Å². The van der Waals surface area contributed by atoms with Crippen molar-refractivity contribution in [1.82, 2.24) is 14.8 Å². The van der Waals surface area contributed by atoms with Gasteiger partial charge in [0.2, 0.25) is 5.91 Å². The topological polar surface area (TPSA) is 56.4 Å². The Hall–Kier alpha value is -1.62. The van der Waals surface area contributed by atoms with Crippen LogP contribution in [0.2, 0.25) is 0 Å². The van der Waals surface area contributed by atoms with E-state index < -0.39 is 0 Å². The van der Waals surface area contributed by atoms with Crippen LogP contribution >= 0.6 is 0 Å². The van der Waals surface area contributed by atoms with E-state index in [-0.39, 0.29) is 24.8 Å². The molecule has 1 heterocycles. The highest BCUT2D eigenvalue weighted by molar-refractivity contribution is 5.96. The number of hydrogen-bond donors (Lipinski definition) is 1. The summed E-state index contributed by atoms with van der Waals surface area (Å²) in [4.78, 5) is 29.9. The van der Waals surface area contributed by atoms with Gasteiger partial charge in [0.15, 0.2) is 5.78 Å². The molecule has 0 aliphatic carbocycles. The van der Waals surface area contributed by atoms with Crippen molar-refractivity contribution in [3.05, 3.63) is 24.0 Å². The zero-order valence-electron chi connectivity index (χ0n) is 11.3. The quantitative estimate of drug-likeness (QED) is 0.735. The Balaban J connectivity index is 2.57. The summed E-state index contributed by atoms with van der Waals surface area (Å²) in [5.41, 5.74) is 0.591. The molecule has 0 spiro atoms. The van der Waals surface area contributed by atoms with Crippen LogP contribution in [0.5, 0.6) is 0 Å². The monoisotopic (exact) mass is 251 g/mol. The highest BCUT2D eigenvalue weighted by Crippen LogP contribution is 2.01. The first-order valence-corrected chi connectivity index (χ1v) is 6.13. The molecule has 5 nitrogen and oxygen atoms in total. The molecule has 0 aliphatic heterocycles. The average molecular weight is 251 g/mol. The van der Waals surface area contributed by atoms with Gasteiger partial charge in [0.1, 0.15) is 0 Å². The second kappa shape index (κ2) is 6.96. The summed E-state index contributed by atoms with van der Waals surface area (Å²) in [6, 6.07) is 3.54. The van der Waals surface area contributed by atoms with Gasteiger partial charge < -0.3 is 9.88 Å². The van der Waals surface area contributed by atoms with Crippen molar-refractivity contribution in [2.75, 3.05) is 33.7 Å². The van der Waals surface area contributed by atoms with Gasteiger partial charge in [-0.1, -0.05) is 6.92 Å². The Morgan fingerprint density at radius 3 is 2.50 bits per heavy atom. The average Bonchev–Trinajstić information content (AvgIpc) is 2.82. The molecule has 5 heteroatoms. The summed E-state index contributed by atoms with van der Waals surface area (Å²) in [6.45, 7) is 3.33. The van der Waals surface area contributed by atoms with Gasteiger partial charge in [-0.15, -0.1) is 0 Å². The molecule has 0 bridgehead atoms. The van der Waals surface area contributed by atoms with Gasteiger partial charge in [0.05, 0.1) is 18.8 Å². The number of nitrogens with zero attached hydrogens (tertiary/aromatic N) is 2. The fourth-order valence-corrected chi connectivity index (χ4v) is 1.65. The lowest BCUT2D eigenvalue weighted by Crippen LogP contribution is -2.39. The molecule has 0 fully saturated rings. The third-order valence-electron chi connectivity index (χ3n) is 2.66. The van der Waals surface area contributed by atoms with E-state index >= 15 is 0 Å². The van der Waals surface area contributed by atoms with Crippen molar-refractivity contribution in [3.8, 4) is 0 Å². The zero-order valence-corrected chi connectivity index (χ0v) is 11.3. The van der Waals surface area contributed by atoms with Crippen molar-refractivity contribution in [2.24, 2.45) is 0 Å². The molecule has 0 saturated heterocycles. The molecule has 0 aromatic carbocycles. The van der Waals surface area contributed by atoms with E-state index in [1.54, 1.807) is 37.3 Å². The van der Waals surface area contributed by atoms with Gasteiger partial charge in [0.25, 0.3) is 0 Å². The van der Waals surface area contributed by atoms with Crippen LogP contribution < -0.4 is 0 Å². The standard InChI is InChI=1S/C13H21N3O2/c1-4-8-16(10-13(18)15(2)3)9-12(17)11-6-5-7-14-11/h5-7,14H,4,8-10H2,1-3H3. The highest BCUT2D eigenvalue weighted by atomic mass is 16.2. The predicted octanol–water partition coefficient (Wildman–Crippen LogP) is 0.998. The molecule has 0 unspecified atom stereocenters. The minimum absolute atomic E-state index is 0.0139. The minimum Gasteiger partial charge on any atom is -0.359 e. The van der Waals surface area contributed by atoms with Crippen molar-refractivity contribution in [1.29, 1.82) is 0 Å². The number of aromatic nitrogens is 1. The van der Waals surface area contributed by atoms with Crippen LogP contribution in [-0.4, -0.2) is 60.2 Å². The SMILES string of the molecule is CCCN(CC(=O)c1ccc[nH]1)CC(=O)N(C)C. The number of rotatable bonds is 7. The van der Waals surface area contributed by atoms with E-state index in [0.29, 0.717) is 5.69 Å². The molecule has 0 radical (unpaired) electrons. The molecular formula is C13H21N3O2. The van der Waals surface area contributed by atoms with Crippen molar-refractivity contribution >= 4 is 11.7 Å². The molecule has 18 heavy (non-hydrogen) atoms. The molecule has 100 valence electrons. The number of aromatic amines is 1. The summed E-state index contributed by atoms with van der Waals surface area (Å²) >= 11 is 0. The summed E-state index contributed by atoms with van der Waals surface area (Å²) in [6.07, 6.45) is 2.64. The number of amides is 1. The van der Waals surface area contributed by atoms with Gasteiger partial charge >= 0.3 is 0 Å². The fraction of sp³-hybridized carbons (Fsp3) is 0.538. The van der Waals surface area contributed by atoms with Crippen LogP contribution in [0.1, 0.15) is 23.8 Å². The largest absolute Gasteiger partial charge is 0.359 e. The molecule has 1 N–H and O–H groups in total. The Bertz CT molecular complexity index is 385. The minimum atomic E-state index is 0.0139. The Labute approximate surface area is 108 Å². The third-order valence-corrected chi connectivity index (χ3v) is 2.66. The van der Waals surface area contributed by atoms with Gasteiger partial charge in [-0.2, -0.15) is 0 Å². The van der Waals surface area contributed by atoms with Crippen LogP contribution in [0.25, 0.3) is 0 Å². The van der Waals surface area contributed by atoms with Crippen LogP contribution in [0.3, 0.4) is 0 Å². The maximum atomic E-state index is 11.9. The Morgan fingerprint density at radius 1 is 1.28 bits per heavy atom. The molecule has 0 saturated carbocycles. The molecule has 1 aromatic rings. The number of carbonyl (C=O) groups excluding carboxylic acids is 2. The number of ketones is 1. The van der Waals surface area contributed by atoms with E-state index in [9.17, 15) is 9.59 Å². The second-order valence-electron chi connectivity index (χ2n) is 4.51. The summed E-state index contributed by atoms with van der Waals surface area (Å²) in [7, 11) is 3.44. The number of nitrogens with one attached hydrogen (secondary N) is 1. The lowest BCUT2D eigenvalue weighted by Gasteiger charge is -2.22. The van der Waals surface area contributed by atoms with Gasteiger partial charge in [-0.3, -0.25) is 14.5 Å². The summed E-state index contributed by atoms with van der Waals surface area (Å²) < 4.78 is 0. The van der Waals surface area contributed by atoms with E-state index in [1.807, 2.05) is 11.8 Å². The van der Waals surface area contributed by atoms with E-state index in [0.717, 1.165) is 13.0 Å². The maximum Gasteiger partial charge on any atom is 0.236 e. The lowest BCUT2D eigenvalue weighted by atomic mass is 10.2. The van der Waals surface area contributed by atoms with Gasteiger partial charge in [0, 0.05) is 20.3 Å². The van der Waals surface area contributed by atoms with Crippen LogP contribution in [0.4, 0.5) is 0 Å². The van der Waals surface area contributed by atoms with Crippen LogP contribution in [-0.2, 0) is 4.79 Å². The van der Waals surface area contributed by atoms with Gasteiger partial charge in [-0.05, 0) is 25.1 Å². The zero-order chi connectivity index (χ0) is 13.5. The Kier molecular flexibility index (Phi) is 5.58. The van der Waals surface area contributed by atoms with Crippen molar-refractivity contribution in [2.45, 2.75) is 13.3 Å². The number of hydrogen-bond acceptors (Lipinski definition) is 3. The van der Waals surface area contributed by atoms with Crippen molar-refractivity contribution < 1.29 is 9.59 Å². The van der Waals surface area contributed by atoms with Crippen molar-refractivity contribution in [3.63, 3.8) is 0 Å². The van der Waals surface area contributed by atoms with E-state index in [2.05, 4.69) is 4.98 Å². The first-order valence-electron chi connectivity index (χ1n) is 6.13. The lowest BCUT2D eigenvalue weighted by molar-refractivity contribution is -0.129. The normalized spacial score (nSPS) is 10.7. The fourth-order valence-electron chi connectivity index (χ4n) is 1.65.